The van der Waals surface area contributed by atoms with E-state index >= 15 is 0 Å². The second kappa shape index (κ2) is 14.9. The second-order valence-corrected chi connectivity index (χ2v) is 13.7. The van der Waals surface area contributed by atoms with Crippen LogP contribution in [0.1, 0.15) is 30.4 Å². The Kier molecular flexibility index (Phi) is 10.2. The highest BCUT2D eigenvalue weighted by Gasteiger charge is 2.35. The van der Waals surface area contributed by atoms with Crippen molar-refractivity contribution in [3.8, 4) is 39.4 Å². The molecule has 3 atom stereocenters. The lowest BCUT2D eigenvalue weighted by Gasteiger charge is -2.16. The van der Waals surface area contributed by atoms with E-state index < -0.39 is 0 Å². The number of pyridine rings is 2. The fourth-order valence-electron chi connectivity index (χ4n) is 6.62. The molecular formula is C38H38Cl2N6O4. The Morgan fingerprint density at radius 2 is 1.64 bits per heavy atom. The van der Waals surface area contributed by atoms with Crippen LogP contribution >= 0.6 is 23.2 Å². The molecule has 1 unspecified atom stereocenters. The van der Waals surface area contributed by atoms with Crippen molar-refractivity contribution in [3.05, 3.63) is 105 Å². The number of ether oxygens (including phenoxy) is 1. The Bertz CT molecular complexity index is 2120. The molecule has 1 aliphatic heterocycles. The number of rotatable bonds is 13. The Labute approximate surface area is 299 Å². The molecule has 0 spiro atoms. The standard InChI is InChI=1S/C38H38Cl2N6O4/c1-50-37-23(16-42-20-27-9-11-34(48)44-27)8-10-32(45-37)31-7-3-6-30(36(31)40)29-5-2-4-28(35(29)39)22-12-13-46-33(15-22)43-19-26(38(46)49)18-41-17-24-14-25(24)21-47/h2-8,10,12-13,15,19,24-25,27,41-42,47H,9,11,14,16-18,20-21H2,1H3,(H,44,48)/t24-,25-,27?/m0/s1. The number of carbonyl (C=O) groups is 1. The number of amides is 1. The number of benzene rings is 2. The molecule has 0 radical (unpaired) electrons. The highest BCUT2D eigenvalue weighted by Crippen LogP contribution is 2.42. The number of nitrogens with one attached hydrogen (secondary N) is 3. The maximum absolute atomic E-state index is 13.2. The van der Waals surface area contributed by atoms with Gasteiger partial charge in [-0.2, -0.15) is 0 Å². The SMILES string of the molecule is COc1nc(-c2cccc(-c3cccc(-c4ccn5c(=O)c(CNC[C@@H]6C[C@H]6CO)cnc5c4)c3Cl)c2Cl)ccc1CNCC1CCC(=O)N1. The molecule has 258 valence electrons. The van der Waals surface area contributed by atoms with Crippen LogP contribution in [0, 0.1) is 11.8 Å². The predicted molar refractivity (Wildman–Crippen MR) is 195 cm³/mol. The molecule has 10 nitrogen and oxygen atoms in total. The van der Waals surface area contributed by atoms with Crippen LogP contribution in [0.5, 0.6) is 5.88 Å². The van der Waals surface area contributed by atoms with Crippen LogP contribution < -0.4 is 26.2 Å². The number of carbonyl (C=O) groups excluding carboxylic acids is 1. The fourth-order valence-corrected chi connectivity index (χ4v) is 7.28. The van der Waals surface area contributed by atoms with Gasteiger partial charge in [-0.05, 0) is 55.0 Å². The molecule has 2 fully saturated rings. The van der Waals surface area contributed by atoms with Gasteiger partial charge in [0.05, 0.1) is 22.8 Å². The lowest BCUT2D eigenvalue weighted by molar-refractivity contribution is -0.119. The van der Waals surface area contributed by atoms with Gasteiger partial charge in [0, 0.05) is 84.5 Å². The first-order valence-electron chi connectivity index (χ1n) is 16.8. The number of fused-ring (bicyclic) bond motifs is 1. The molecule has 12 heteroatoms. The van der Waals surface area contributed by atoms with Crippen molar-refractivity contribution in [2.45, 2.75) is 38.4 Å². The van der Waals surface area contributed by atoms with Gasteiger partial charge in [0.2, 0.25) is 11.8 Å². The Morgan fingerprint density at radius 1 is 0.920 bits per heavy atom. The van der Waals surface area contributed by atoms with E-state index in [-0.39, 0.29) is 24.1 Å². The van der Waals surface area contributed by atoms with Gasteiger partial charge in [0.15, 0.2) is 0 Å². The van der Waals surface area contributed by atoms with E-state index in [0.717, 1.165) is 52.8 Å². The largest absolute Gasteiger partial charge is 0.481 e. The molecule has 1 saturated heterocycles. The first-order chi connectivity index (χ1) is 24.3. The highest BCUT2D eigenvalue weighted by atomic mass is 35.5. The van der Waals surface area contributed by atoms with Crippen molar-refractivity contribution >= 4 is 34.8 Å². The molecule has 5 aromatic rings. The van der Waals surface area contributed by atoms with Crippen LogP contribution in [-0.2, 0) is 17.9 Å². The Balaban J connectivity index is 1.11. The van der Waals surface area contributed by atoms with Gasteiger partial charge in [0.1, 0.15) is 5.65 Å². The van der Waals surface area contributed by atoms with Crippen molar-refractivity contribution in [1.29, 1.82) is 0 Å². The number of hydrogen-bond donors (Lipinski definition) is 4. The van der Waals surface area contributed by atoms with Crippen LogP contribution in [0.25, 0.3) is 39.2 Å². The van der Waals surface area contributed by atoms with Gasteiger partial charge in [-0.25, -0.2) is 9.97 Å². The summed E-state index contributed by atoms with van der Waals surface area (Å²) >= 11 is 14.2. The van der Waals surface area contributed by atoms with E-state index in [0.29, 0.717) is 70.7 Å². The molecule has 50 heavy (non-hydrogen) atoms. The van der Waals surface area contributed by atoms with E-state index in [2.05, 4.69) is 20.9 Å². The van der Waals surface area contributed by atoms with Crippen LogP contribution in [0.4, 0.5) is 0 Å². The maximum atomic E-state index is 13.2. The summed E-state index contributed by atoms with van der Waals surface area (Å²) in [7, 11) is 1.59. The molecule has 3 aromatic heterocycles. The van der Waals surface area contributed by atoms with Gasteiger partial charge in [-0.1, -0.05) is 65.7 Å². The predicted octanol–water partition coefficient (Wildman–Crippen LogP) is 5.49. The number of halogens is 2. The van der Waals surface area contributed by atoms with Gasteiger partial charge >= 0.3 is 0 Å². The minimum absolute atomic E-state index is 0.0947. The summed E-state index contributed by atoms with van der Waals surface area (Å²) < 4.78 is 7.19. The summed E-state index contributed by atoms with van der Waals surface area (Å²) in [5, 5.41) is 20.0. The zero-order valence-electron chi connectivity index (χ0n) is 27.6. The molecule has 2 aliphatic rings. The number of methoxy groups -OCH3 is 1. The summed E-state index contributed by atoms with van der Waals surface area (Å²) in [4.78, 5) is 34.1. The maximum Gasteiger partial charge on any atom is 0.262 e. The van der Waals surface area contributed by atoms with E-state index in [1.54, 1.807) is 23.9 Å². The normalized spacial score (nSPS) is 18.4. The lowest BCUT2D eigenvalue weighted by atomic mass is 9.97. The smallest absolute Gasteiger partial charge is 0.262 e. The third-order valence-corrected chi connectivity index (χ3v) is 10.4. The zero-order chi connectivity index (χ0) is 34.8. The third-order valence-electron chi connectivity index (χ3n) is 9.60. The van der Waals surface area contributed by atoms with Crippen molar-refractivity contribution < 1.29 is 14.6 Å². The van der Waals surface area contributed by atoms with Crippen molar-refractivity contribution in [1.82, 2.24) is 30.3 Å². The summed E-state index contributed by atoms with van der Waals surface area (Å²) in [5.41, 5.74) is 6.39. The number of aromatic nitrogens is 3. The summed E-state index contributed by atoms with van der Waals surface area (Å²) in [6.45, 7) is 2.62. The average molecular weight is 714 g/mol. The first kappa shape index (κ1) is 34.1. The van der Waals surface area contributed by atoms with Crippen LogP contribution in [0.15, 0.2) is 77.9 Å². The van der Waals surface area contributed by atoms with E-state index in [1.807, 2.05) is 60.7 Å². The summed E-state index contributed by atoms with van der Waals surface area (Å²) in [6, 6.07) is 19.3. The molecule has 7 rings (SSSR count). The fraction of sp³-hybridized carbons (Fsp3) is 0.316. The molecule has 1 amide bonds. The Hall–Kier alpha value is -4.32. The van der Waals surface area contributed by atoms with Crippen LogP contribution in [-0.4, -0.2) is 58.2 Å². The van der Waals surface area contributed by atoms with E-state index in [1.165, 1.54) is 0 Å². The molecule has 2 aromatic carbocycles. The molecule has 0 bridgehead atoms. The highest BCUT2D eigenvalue weighted by molar-refractivity contribution is 6.39. The van der Waals surface area contributed by atoms with Crippen LogP contribution in [0.2, 0.25) is 10.0 Å². The third kappa shape index (κ3) is 7.12. The number of nitrogens with zero attached hydrogens (tertiary/aromatic N) is 3. The average Bonchev–Trinajstić information content (AvgIpc) is 3.77. The minimum Gasteiger partial charge on any atom is -0.481 e. The lowest BCUT2D eigenvalue weighted by Crippen LogP contribution is -2.35. The van der Waals surface area contributed by atoms with Crippen molar-refractivity contribution in [2.24, 2.45) is 11.8 Å². The topological polar surface area (TPSA) is 130 Å². The summed E-state index contributed by atoms with van der Waals surface area (Å²) in [6.07, 6.45) is 5.77. The number of aliphatic hydroxyl groups excluding tert-OH is 1. The minimum atomic E-state index is -0.124. The van der Waals surface area contributed by atoms with Crippen molar-refractivity contribution in [3.63, 3.8) is 0 Å². The monoisotopic (exact) mass is 712 g/mol. The number of hydrogen-bond acceptors (Lipinski definition) is 8. The second-order valence-electron chi connectivity index (χ2n) is 12.9. The summed E-state index contributed by atoms with van der Waals surface area (Å²) in [5.74, 6) is 1.43. The van der Waals surface area contributed by atoms with Gasteiger partial charge in [-0.15, -0.1) is 0 Å². The zero-order valence-corrected chi connectivity index (χ0v) is 29.1. The van der Waals surface area contributed by atoms with Crippen LogP contribution in [0.3, 0.4) is 0 Å². The molecular weight excluding hydrogens is 675 g/mol. The first-order valence-corrected chi connectivity index (χ1v) is 17.5. The molecule has 1 aliphatic carbocycles. The van der Waals surface area contributed by atoms with E-state index in [9.17, 15) is 14.7 Å². The van der Waals surface area contributed by atoms with Gasteiger partial charge in [0.25, 0.3) is 5.56 Å². The van der Waals surface area contributed by atoms with Crippen molar-refractivity contribution in [2.75, 3.05) is 26.8 Å². The molecule has 1 saturated carbocycles. The number of aliphatic hydroxyl groups is 1. The molecule has 4 N–H and O–H groups in total. The quantitative estimate of drug-likeness (QED) is 0.126. The molecule has 4 heterocycles. The van der Waals surface area contributed by atoms with E-state index in [4.69, 9.17) is 32.9 Å². The van der Waals surface area contributed by atoms with Gasteiger partial charge in [-0.3, -0.25) is 14.0 Å². The van der Waals surface area contributed by atoms with Gasteiger partial charge < -0.3 is 25.8 Å². The Morgan fingerprint density at radius 3 is 2.36 bits per heavy atom.